The Morgan fingerprint density at radius 2 is 2.50 bits per heavy atom. The Labute approximate surface area is 82.1 Å². The second-order valence-electron chi connectivity index (χ2n) is 3.76. The summed E-state index contributed by atoms with van der Waals surface area (Å²) in [5.41, 5.74) is 5.28. The van der Waals surface area contributed by atoms with Crippen LogP contribution in [0.15, 0.2) is 12.3 Å². The molecule has 0 saturated heterocycles. The first-order valence-electron chi connectivity index (χ1n) is 4.78. The smallest absolute Gasteiger partial charge is 0.233 e. The highest BCUT2D eigenvalue weighted by Crippen LogP contribution is 2.40. The number of nitrogens with one attached hydrogen (secondary N) is 2. The second-order valence-corrected chi connectivity index (χ2v) is 3.76. The van der Waals surface area contributed by atoms with Gasteiger partial charge in [0.1, 0.15) is 5.82 Å². The van der Waals surface area contributed by atoms with Gasteiger partial charge in [-0.2, -0.15) is 5.10 Å². The van der Waals surface area contributed by atoms with E-state index in [9.17, 15) is 4.79 Å². The molecule has 1 aromatic heterocycles. The highest BCUT2D eigenvalue weighted by Gasteiger charge is 2.42. The Kier molecular flexibility index (Phi) is 2.25. The van der Waals surface area contributed by atoms with Gasteiger partial charge in [0.25, 0.3) is 0 Å². The van der Waals surface area contributed by atoms with E-state index in [1.165, 1.54) is 0 Å². The number of carbonyl (C=O) groups is 1. The second kappa shape index (κ2) is 3.42. The molecule has 14 heavy (non-hydrogen) atoms. The molecule has 76 valence electrons. The van der Waals surface area contributed by atoms with Crippen LogP contribution in [0.5, 0.6) is 0 Å². The largest absolute Gasteiger partial charge is 0.329 e. The molecule has 4 N–H and O–H groups in total. The number of nitrogens with zero attached hydrogens (tertiary/aromatic N) is 1. The van der Waals surface area contributed by atoms with E-state index in [4.69, 9.17) is 5.73 Å². The quantitative estimate of drug-likeness (QED) is 0.654. The summed E-state index contributed by atoms with van der Waals surface area (Å²) >= 11 is 0. The van der Waals surface area contributed by atoms with Crippen LogP contribution in [0.2, 0.25) is 0 Å². The number of hydrogen-bond acceptors (Lipinski definition) is 3. The van der Waals surface area contributed by atoms with E-state index in [-0.39, 0.29) is 11.3 Å². The summed E-state index contributed by atoms with van der Waals surface area (Å²) in [6, 6.07) is 1.72. The van der Waals surface area contributed by atoms with Crippen LogP contribution in [0.25, 0.3) is 0 Å². The number of aromatic nitrogens is 2. The van der Waals surface area contributed by atoms with Gasteiger partial charge < -0.3 is 11.1 Å². The van der Waals surface area contributed by atoms with Crippen LogP contribution in [0, 0.1) is 5.41 Å². The predicted molar refractivity (Wildman–Crippen MR) is 52.6 cm³/mol. The molecule has 0 aromatic carbocycles. The maximum atomic E-state index is 11.8. The highest BCUT2D eigenvalue weighted by molar-refractivity contribution is 5.95. The minimum absolute atomic E-state index is 0.00972. The maximum Gasteiger partial charge on any atom is 0.233 e. The molecular formula is C9H14N4O. The minimum atomic E-state index is -0.328. The number of amides is 1. The van der Waals surface area contributed by atoms with Gasteiger partial charge in [-0.25, -0.2) is 0 Å². The first-order valence-corrected chi connectivity index (χ1v) is 4.78. The third-order valence-electron chi connectivity index (χ3n) is 2.93. The molecule has 5 nitrogen and oxygen atoms in total. The lowest BCUT2D eigenvalue weighted by Gasteiger charge is -2.38. The van der Waals surface area contributed by atoms with E-state index in [0.29, 0.717) is 12.4 Å². The van der Waals surface area contributed by atoms with Crippen molar-refractivity contribution in [3.8, 4) is 0 Å². The molecule has 0 spiro atoms. The molecule has 1 fully saturated rings. The number of hydrogen-bond donors (Lipinski definition) is 3. The number of aromatic amines is 1. The zero-order chi connectivity index (χ0) is 10.0. The molecule has 0 atom stereocenters. The topological polar surface area (TPSA) is 83.8 Å². The SMILES string of the molecule is NCC1(C(=O)Nc2ccn[nH]2)CCC1. The van der Waals surface area contributed by atoms with Crippen molar-refractivity contribution in [1.29, 1.82) is 0 Å². The summed E-state index contributed by atoms with van der Waals surface area (Å²) in [6.07, 6.45) is 4.48. The van der Waals surface area contributed by atoms with Crippen LogP contribution in [-0.4, -0.2) is 22.6 Å². The average molecular weight is 194 g/mol. The number of anilines is 1. The molecule has 0 bridgehead atoms. The van der Waals surface area contributed by atoms with Crippen LogP contribution < -0.4 is 11.1 Å². The van der Waals surface area contributed by atoms with Crippen molar-refractivity contribution in [3.63, 3.8) is 0 Å². The normalized spacial score (nSPS) is 18.6. The summed E-state index contributed by atoms with van der Waals surface area (Å²) in [5, 5.41) is 9.22. The van der Waals surface area contributed by atoms with Gasteiger partial charge in [0.05, 0.1) is 11.6 Å². The van der Waals surface area contributed by atoms with Gasteiger partial charge in [-0.05, 0) is 12.8 Å². The Morgan fingerprint density at radius 1 is 1.71 bits per heavy atom. The van der Waals surface area contributed by atoms with E-state index < -0.39 is 0 Å². The van der Waals surface area contributed by atoms with Gasteiger partial charge in [0, 0.05) is 12.6 Å². The van der Waals surface area contributed by atoms with Gasteiger partial charge in [0.15, 0.2) is 0 Å². The summed E-state index contributed by atoms with van der Waals surface area (Å²) in [6.45, 7) is 0.424. The Hall–Kier alpha value is -1.36. The highest BCUT2D eigenvalue weighted by atomic mass is 16.2. The molecule has 1 heterocycles. The molecule has 2 rings (SSSR count). The number of H-pyrrole nitrogens is 1. The van der Waals surface area contributed by atoms with Crippen LogP contribution >= 0.6 is 0 Å². The zero-order valence-electron chi connectivity index (χ0n) is 7.92. The lowest BCUT2D eigenvalue weighted by Crippen LogP contribution is -2.47. The van der Waals surface area contributed by atoms with E-state index in [1.807, 2.05) is 0 Å². The Bertz CT molecular complexity index is 310. The molecule has 0 radical (unpaired) electrons. The van der Waals surface area contributed by atoms with Gasteiger partial charge in [-0.15, -0.1) is 0 Å². The summed E-state index contributed by atoms with van der Waals surface area (Å²) in [4.78, 5) is 11.8. The van der Waals surface area contributed by atoms with Crippen LogP contribution in [-0.2, 0) is 4.79 Å². The summed E-state index contributed by atoms with van der Waals surface area (Å²) < 4.78 is 0. The van der Waals surface area contributed by atoms with Crippen molar-refractivity contribution in [2.45, 2.75) is 19.3 Å². The number of nitrogens with two attached hydrogens (primary N) is 1. The third kappa shape index (κ3) is 1.39. The molecule has 1 amide bonds. The molecule has 5 heteroatoms. The van der Waals surface area contributed by atoms with E-state index in [2.05, 4.69) is 15.5 Å². The fraction of sp³-hybridized carbons (Fsp3) is 0.556. The van der Waals surface area contributed by atoms with Gasteiger partial charge >= 0.3 is 0 Å². The van der Waals surface area contributed by atoms with E-state index in [0.717, 1.165) is 19.3 Å². The van der Waals surface area contributed by atoms with Gasteiger partial charge in [0.2, 0.25) is 5.91 Å². The van der Waals surface area contributed by atoms with Crippen LogP contribution in [0.4, 0.5) is 5.82 Å². The zero-order valence-corrected chi connectivity index (χ0v) is 7.92. The summed E-state index contributed by atoms with van der Waals surface area (Å²) in [5.74, 6) is 0.644. The lowest BCUT2D eigenvalue weighted by atomic mass is 9.68. The molecule has 0 unspecified atom stereocenters. The van der Waals surface area contributed by atoms with E-state index in [1.54, 1.807) is 12.3 Å². The Morgan fingerprint density at radius 3 is 2.93 bits per heavy atom. The summed E-state index contributed by atoms with van der Waals surface area (Å²) in [7, 11) is 0. The minimum Gasteiger partial charge on any atom is -0.329 e. The number of rotatable bonds is 3. The molecule has 1 aliphatic carbocycles. The van der Waals surface area contributed by atoms with E-state index >= 15 is 0 Å². The van der Waals surface area contributed by atoms with Crippen LogP contribution in [0.1, 0.15) is 19.3 Å². The van der Waals surface area contributed by atoms with Crippen molar-refractivity contribution < 1.29 is 4.79 Å². The fourth-order valence-corrected chi connectivity index (χ4v) is 1.71. The van der Waals surface area contributed by atoms with Gasteiger partial charge in [-0.3, -0.25) is 9.89 Å². The molecule has 1 aromatic rings. The van der Waals surface area contributed by atoms with Crippen molar-refractivity contribution in [3.05, 3.63) is 12.3 Å². The maximum absolute atomic E-state index is 11.8. The monoisotopic (exact) mass is 194 g/mol. The molecule has 1 saturated carbocycles. The average Bonchev–Trinajstić information content (AvgIpc) is 2.55. The fourth-order valence-electron chi connectivity index (χ4n) is 1.71. The Balaban J connectivity index is 2.01. The van der Waals surface area contributed by atoms with Crippen molar-refractivity contribution >= 4 is 11.7 Å². The predicted octanol–water partition coefficient (Wildman–Crippen LogP) is 0.477. The lowest BCUT2D eigenvalue weighted by molar-refractivity contribution is -0.129. The number of carbonyl (C=O) groups excluding carboxylic acids is 1. The van der Waals surface area contributed by atoms with Crippen LogP contribution in [0.3, 0.4) is 0 Å². The van der Waals surface area contributed by atoms with Crippen molar-refractivity contribution in [1.82, 2.24) is 10.2 Å². The standard InChI is InChI=1S/C9H14N4O/c10-6-9(3-1-4-9)8(14)12-7-2-5-11-13-7/h2,5H,1,3-4,6,10H2,(H2,11,12,13,14). The molecule has 1 aliphatic rings. The van der Waals surface area contributed by atoms with Crippen molar-refractivity contribution in [2.75, 3.05) is 11.9 Å². The first kappa shape index (κ1) is 9.21. The molecule has 0 aliphatic heterocycles. The molecular weight excluding hydrogens is 180 g/mol. The third-order valence-corrected chi connectivity index (χ3v) is 2.93. The first-order chi connectivity index (χ1) is 6.77. The van der Waals surface area contributed by atoms with Gasteiger partial charge in [-0.1, -0.05) is 6.42 Å². The van der Waals surface area contributed by atoms with Crippen molar-refractivity contribution in [2.24, 2.45) is 11.1 Å².